The fourth-order valence-electron chi connectivity index (χ4n) is 3.49. The van der Waals surface area contributed by atoms with Crippen molar-refractivity contribution in [2.75, 3.05) is 23.3 Å². The number of amides is 1. The third kappa shape index (κ3) is 3.28. The Hall–Kier alpha value is -3.42. The smallest absolute Gasteiger partial charge is 0.328 e. The molecular weight excluding hydrogens is 358 g/mol. The van der Waals surface area contributed by atoms with Crippen LogP contribution in [0, 0.1) is 0 Å². The highest BCUT2D eigenvalue weighted by molar-refractivity contribution is 6.05. The molecule has 0 saturated carbocycles. The average Bonchev–Trinajstić information content (AvgIpc) is 3.23. The molecule has 0 spiro atoms. The van der Waals surface area contributed by atoms with Gasteiger partial charge in [-0.2, -0.15) is 0 Å². The van der Waals surface area contributed by atoms with E-state index in [0.717, 1.165) is 23.3 Å². The van der Waals surface area contributed by atoms with E-state index in [1.165, 1.54) is 18.9 Å². The van der Waals surface area contributed by atoms with Crippen LogP contribution in [0.2, 0.25) is 0 Å². The number of H-pyrrole nitrogens is 1. The summed E-state index contributed by atoms with van der Waals surface area (Å²) in [4.78, 5) is 46.1. The number of hydrogen-bond acceptors (Lipinski definition) is 5. The minimum absolute atomic E-state index is 0.283. The first-order valence-electron chi connectivity index (χ1n) is 9.36. The Labute approximate surface area is 160 Å². The zero-order chi connectivity index (χ0) is 19.7. The van der Waals surface area contributed by atoms with Gasteiger partial charge in [-0.1, -0.05) is 0 Å². The molecule has 1 aliphatic heterocycles. The van der Waals surface area contributed by atoms with Crippen LogP contribution in [0.4, 0.5) is 11.5 Å². The van der Waals surface area contributed by atoms with Crippen LogP contribution in [-0.2, 0) is 6.54 Å². The Morgan fingerprint density at radius 2 is 1.96 bits per heavy atom. The van der Waals surface area contributed by atoms with E-state index in [0.29, 0.717) is 22.3 Å². The highest BCUT2D eigenvalue weighted by Crippen LogP contribution is 2.20. The molecule has 0 radical (unpaired) electrons. The molecule has 1 saturated heterocycles. The van der Waals surface area contributed by atoms with Crippen molar-refractivity contribution in [2.24, 2.45) is 0 Å². The molecule has 1 fully saturated rings. The molecular formula is C20H21N5O3. The summed E-state index contributed by atoms with van der Waals surface area (Å²) in [5, 5.41) is 3.12. The van der Waals surface area contributed by atoms with Crippen molar-refractivity contribution >= 4 is 28.3 Å². The molecule has 8 heteroatoms. The number of fused-ring (bicyclic) bond motifs is 1. The second-order valence-corrected chi connectivity index (χ2v) is 6.79. The summed E-state index contributed by atoms with van der Waals surface area (Å²) in [7, 11) is 0. The Morgan fingerprint density at radius 3 is 2.64 bits per heavy atom. The fourth-order valence-corrected chi connectivity index (χ4v) is 3.49. The van der Waals surface area contributed by atoms with Gasteiger partial charge in [0.1, 0.15) is 5.82 Å². The summed E-state index contributed by atoms with van der Waals surface area (Å²) in [6.07, 6.45) is 4.13. The predicted octanol–water partition coefficient (Wildman–Crippen LogP) is 1.96. The molecule has 2 N–H and O–H groups in total. The first-order chi connectivity index (χ1) is 13.6. The topological polar surface area (TPSA) is 100 Å². The molecule has 1 aliphatic rings. The van der Waals surface area contributed by atoms with Crippen molar-refractivity contribution < 1.29 is 4.79 Å². The number of benzene rings is 1. The first-order valence-corrected chi connectivity index (χ1v) is 9.36. The van der Waals surface area contributed by atoms with Crippen LogP contribution in [0.3, 0.4) is 0 Å². The maximum atomic E-state index is 12.6. The third-order valence-corrected chi connectivity index (χ3v) is 5.02. The molecule has 0 bridgehead atoms. The van der Waals surface area contributed by atoms with Gasteiger partial charge in [0.15, 0.2) is 0 Å². The first kappa shape index (κ1) is 18.0. The number of aromatic nitrogens is 3. The minimum Gasteiger partial charge on any atom is -0.370 e. The molecule has 3 heterocycles. The summed E-state index contributed by atoms with van der Waals surface area (Å²) >= 11 is 0. The molecule has 1 amide bonds. The Morgan fingerprint density at radius 1 is 1.18 bits per heavy atom. The number of pyridine rings is 1. The van der Waals surface area contributed by atoms with E-state index in [1.807, 2.05) is 6.07 Å². The van der Waals surface area contributed by atoms with Gasteiger partial charge in [0.25, 0.3) is 11.5 Å². The highest BCUT2D eigenvalue weighted by atomic mass is 16.2. The van der Waals surface area contributed by atoms with Crippen molar-refractivity contribution in [3.05, 3.63) is 62.9 Å². The largest absolute Gasteiger partial charge is 0.370 e. The lowest BCUT2D eigenvalue weighted by molar-refractivity contribution is 0.102. The van der Waals surface area contributed by atoms with Gasteiger partial charge in [0, 0.05) is 25.2 Å². The quantitative estimate of drug-likeness (QED) is 0.722. The van der Waals surface area contributed by atoms with Crippen molar-refractivity contribution in [1.82, 2.24) is 14.5 Å². The highest BCUT2D eigenvalue weighted by Gasteiger charge is 2.14. The van der Waals surface area contributed by atoms with E-state index in [2.05, 4.69) is 20.2 Å². The van der Waals surface area contributed by atoms with E-state index in [9.17, 15) is 14.4 Å². The van der Waals surface area contributed by atoms with Gasteiger partial charge < -0.3 is 15.2 Å². The number of anilines is 2. The predicted molar refractivity (Wildman–Crippen MR) is 108 cm³/mol. The van der Waals surface area contributed by atoms with Crippen LogP contribution in [0.1, 0.15) is 30.1 Å². The SMILES string of the molecule is CCn1c(=O)[nH]c2cc(C(=O)Nc3ccc(N4CCCC4)cn3)ccc2c1=O. The van der Waals surface area contributed by atoms with E-state index < -0.39 is 5.69 Å². The van der Waals surface area contributed by atoms with Crippen molar-refractivity contribution in [3.63, 3.8) is 0 Å². The van der Waals surface area contributed by atoms with Crippen LogP contribution in [0.15, 0.2) is 46.1 Å². The molecule has 1 aromatic carbocycles. The van der Waals surface area contributed by atoms with Crippen molar-refractivity contribution in [1.29, 1.82) is 0 Å². The number of hydrogen-bond donors (Lipinski definition) is 2. The Bertz CT molecular complexity index is 1140. The van der Waals surface area contributed by atoms with Crippen LogP contribution in [0.5, 0.6) is 0 Å². The number of nitrogens with zero attached hydrogens (tertiary/aromatic N) is 3. The van der Waals surface area contributed by atoms with Gasteiger partial charge in [-0.05, 0) is 50.1 Å². The van der Waals surface area contributed by atoms with Crippen LogP contribution < -0.4 is 21.5 Å². The number of aromatic amines is 1. The van der Waals surface area contributed by atoms with Gasteiger partial charge in [0.05, 0.1) is 22.8 Å². The summed E-state index contributed by atoms with van der Waals surface area (Å²) in [6.45, 7) is 4.07. The van der Waals surface area contributed by atoms with Gasteiger partial charge in [-0.15, -0.1) is 0 Å². The molecule has 0 unspecified atom stereocenters. The molecule has 144 valence electrons. The maximum absolute atomic E-state index is 12.6. The standard InChI is InChI=1S/C20H21N5O3/c1-2-25-19(27)15-7-5-13(11-16(15)22-20(25)28)18(26)23-17-8-6-14(12-21-17)24-9-3-4-10-24/h5-8,11-12H,2-4,9-10H2,1H3,(H,22,28)(H,21,23,26). The molecule has 2 aromatic heterocycles. The molecule has 3 aromatic rings. The lowest BCUT2D eigenvalue weighted by Gasteiger charge is -2.17. The second-order valence-electron chi connectivity index (χ2n) is 6.79. The molecule has 4 rings (SSSR count). The van der Waals surface area contributed by atoms with Crippen LogP contribution in [0.25, 0.3) is 10.9 Å². The summed E-state index contributed by atoms with van der Waals surface area (Å²) in [6, 6.07) is 8.34. The van der Waals surface area contributed by atoms with E-state index >= 15 is 0 Å². The number of carbonyl (C=O) groups is 1. The second kappa shape index (κ2) is 7.30. The molecule has 8 nitrogen and oxygen atoms in total. The zero-order valence-corrected chi connectivity index (χ0v) is 15.6. The van der Waals surface area contributed by atoms with Gasteiger partial charge in [0.2, 0.25) is 0 Å². The number of nitrogens with one attached hydrogen (secondary N) is 2. The normalized spacial score (nSPS) is 13.8. The van der Waals surface area contributed by atoms with E-state index in [-0.39, 0.29) is 18.0 Å². The summed E-state index contributed by atoms with van der Waals surface area (Å²) in [5.41, 5.74) is 0.863. The van der Waals surface area contributed by atoms with Crippen molar-refractivity contribution in [3.8, 4) is 0 Å². The third-order valence-electron chi connectivity index (χ3n) is 5.02. The lowest BCUT2D eigenvalue weighted by atomic mass is 10.1. The van der Waals surface area contributed by atoms with Gasteiger partial charge >= 0.3 is 5.69 Å². The van der Waals surface area contributed by atoms with Crippen LogP contribution >= 0.6 is 0 Å². The zero-order valence-electron chi connectivity index (χ0n) is 15.6. The monoisotopic (exact) mass is 379 g/mol. The Balaban J connectivity index is 1.57. The van der Waals surface area contributed by atoms with Gasteiger partial charge in [-0.3, -0.25) is 14.2 Å². The van der Waals surface area contributed by atoms with E-state index in [4.69, 9.17) is 0 Å². The van der Waals surface area contributed by atoms with Crippen molar-refractivity contribution in [2.45, 2.75) is 26.3 Å². The molecule has 28 heavy (non-hydrogen) atoms. The summed E-state index contributed by atoms with van der Waals surface area (Å²) in [5.74, 6) is 0.0896. The molecule has 0 atom stereocenters. The summed E-state index contributed by atoms with van der Waals surface area (Å²) < 4.78 is 1.12. The fraction of sp³-hybridized carbons (Fsp3) is 0.300. The molecule has 0 aliphatic carbocycles. The lowest BCUT2D eigenvalue weighted by Crippen LogP contribution is -2.34. The maximum Gasteiger partial charge on any atom is 0.328 e. The average molecular weight is 379 g/mol. The van der Waals surface area contributed by atoms with Crippen LogP contribution in [-0.4, -0.2) is 33.5 Å². The Kier molecular flexibility index (Phi) is 4.68. The van der Waals surface area contributed by atoms with E-state index in [1.54, 1.807) is 31.3 Å². The van der Waals surface area contributed by atoms with Gasteiger partial charge in [-0.25, -0.2) is 9.78 Å². The minimum atomic E-state index is -0.489. The number of rotatable bonds is 4. The number of carbonyl (C=O) groups excluding carboxylic acids is 1.